The summed E-state index contributed by atoms with van der Waals surface area (Å²) in [6.45, 7) is 1.01. The molecule has 24 heavy (non-hydrogen) atoms. The lowest BCUT2D eigenvalue weighted by Gasteiger charge is -2.15. The van der Waals surface area contributed by atoms with Gasteiger partial charge in [0.05, 0.1) is 6.61 Å². The van der Waals surface area contributed by atoms with Crippen molar-refractivity contribution in [1.82, 2.24) is 5.32 Å². The first kappa shape index (κ1) is 17.7. The van der Waals surface area contributed by atoms with E-state index in [2.05, 4.69) is 5.32 Å². The van der Waals surface area contributed by atoms with Gasteiger partial charge in [-0.3, -0.25) is 9.59 Å². The standard InChI is InChI=1S/C19H22N2O3/c20-19(23)18(16-10-5-2-6-11-16)21-17(22)12-7-13-24-14-15-8-3-1-4-9-15/h1-6,8-11,18H,7,12-14H2,(H2,20,23)(H,21,22)/t18-/m1/s1. The number of amides is 2. The fourth-order valence-electron chi connectivity index (χ4n) is 2.30. The number of hydrogen-bond acceptors (Lipinski definition) is 3. The summed E-state index contributed by atoms with van der Waals surface area (Å²) < 4.78 is 5.54. The molecular formula is C19H22N2O3. The Bertz CT molecular complexity index is 644. The monoisotopic (exact) mass is 326 g/mol. The smallest absolute Gasteiger partial charge is 0.244 e. The van der Waals surface area contributed by atoms with Gasteiger partial charge in [-0.1, -0.05) is 60.7 Å². The van der Waals surface area contributed by atoms with Crippen molar-refractivity contribution in [3.8, 4) is 0 Å². The molecule has 2 aromatic carbocycles. The predicted molar refractivity (Wildman–Crippen MR) is 91.9 cm³/mol. The van der Waals surface area contributed by atoms with Crippen LogP contribution in [0.25, 0.3) is 0 Å². The van der Waals surface area contributed by atoms with E-state index in [1.807, 2.05) is 36.4 Å². The van der Waals surface area contributed by atoms with Crippen molar-refractivity contribution in [2.75, 3.05) is 6.61 Å². The van der Waals surface area contributed by atoms with Crippen LogP contribution in [0.1, 0.15) is 30.0 Å². The third-order valence-electron chi connectivity index (χ3n) is 3.53. The number of benzene rings is 2. The molecule has 2 amide bonds. The Morgan fingerprint density at radius 1 is 1.00 bits per heavy atom. The summed E-state index contributed by atoms with van der Waals surface area (Å²) in [7, 11) is 0. The lowest BCUT2D eigenvalue weighted by atomic mass is 10.1. The van der Waals surface area contributed by atoms with Crippen molar-refractivity contribution in [2.45, 2.75) is 25.5 Å². The van der Waals surface area contributed by atoms with E-state index in [1.165, 1.54) is 0 Å². The molecule has 2 rings (SSSR count). The van der Waals surface area contributed by atoms with Crippen LogP contribution in [-0.2, 0) is 20.9 Å². The Hall–Kier alpha value is -2.66. The maximum Gasteiger partial charge on any atom is 0.244 e. The van der Waals surface area contributed by atoms with Crippen molar-refractivity contribution in [3.05, 3.63) is 71.8 Å². The molecule has 2 aromatic rings. The molecule has 0 heterocycles. The predicted octanol–water partition coefficient (Wildman–Crippen LogP) is 2.33. The van der Waals surface area contributed by atoms with Crippen molar-refractivity contribution >= 4 is 11.8 Å². The van der Waals surface area contributed by atoms with Gasteiger partial charge in [0.25, 0.3) is 0 Å². The molecule has 3 N–H and O–H groups in total. The number of carbonyl (C=O) groups is 2. The van der Waals surface area contributed by atoms with E-state index in [1.54, 1.807) is 24.3 Å². The number of ether oxygens (including phenoxy) is 1. The molecular weight excluding hydrogens is 304 g/mol. The van der Waals surface area contributed by atoms with Gasteiger partial charge < -0.3 is 15.8 Å². The van der Waals surface area contributed by atoms with Gasteiger partial charge >= 0.3 is 0 Å². The maximum absolute atomic E-state index is 12.0. The second-order valence-electron chi connectivity index (χ2n) is 5.46. The van der Waals surface area contributed by atoms with Crippen LogP contribution in [0.5, 0.6) is 0 Å². The number of hydrogen-bond donors (Lipinski definition) is 2. The Kier molecular flexibility index (Phi) is 6.98. The van der Waals surface area contributed by atoms with E-state index in [4.69, 9.17) is 10.5 Å². The summed E-state index contributed by atoms with van der Waals surface area (Å²) >= 11 is 0. The normalized spacial score (nSPS) is 11.7. The van der Waals surface area contributed by atoms with Gasteiger partial charge in [0, 0.05) is 13.0 Å². The van der Waals surface area contributed by atoms with E-state index in [0.717, 1.165) is 5.56 Å². The Labute approximate surface area is 141 Å². The Morgan fingerprint density at radius 3 is 2.25 bits per heavy atom. The van der Waals surface area contributed by atoms with E-state index in [9.17, 15) is 9.59 Å². The summed E-state index contributed by atoms with van der Waals surface area (Å²) in [4.78, 5) is 23.5. The van der Waals surface area contributed by atoms with E-state index >= 15 is 0 Å². The number of carbonyl (C=O) groups excluding carboxylic acids is 2. The first-order valence-corrected chi connectivity index (χ1v) is 7.92. The average molecular weight is 326 g/mol. The highest BCUT2D eigenvalue weighted by Crippen LogP contribution is 2.12. The highest BCUT2D eigenvalue weighted by atomic mass is 16.5. The summed E-state index contributed by atoms with van der Waals surface area (Å²) in [6.07, 6.45) is 0.865. The molecule has 0 saturated carbocycles. The minimum absolute atomic E-state index is 0.217. The molecule has 5 nitrogen and oxygen atoms in total. The number of nitrogens with one attached hydrogen (secondary N) is 1. The zero-order valence-electron chi connectivity index (χ0n) is 13.5. The molecule has 126 valence electrons. The van der Waals surface area contributed by atoms with Crippen LogP contribution < -0.4 is 11.1 Å². The van der Waals surface area contributed by atoms with Crippen LogP contribution in [0, 0.1) is 0 Å². The molecule has 0 radical (unpaired) electrons. The van der Waals surface area contributed by atoms with Gasteiger partial charge in [-0.25, -0.2) is 0 Å². The lowest BCUT2D eigenvalue weighted by molar-refractivity contribution is -0.127. The molecule has 0 saturated heterocycles. The van der Waals surface area contributed by atoms with Gasteiger partial charge in [0.1, 0.15) is 6.04 Å². The molecule has 0 aliphatic carbocycles. The van der Waals surface area contributed by atoms with Crippen LogP contribution in [0.4, 0.5) is 0 Å². The zero-order valence-corrected chi connectivity index (χ0v) is 13.5. The van der Waals surface area contributed by atoms with Crippen LogP contribution in [0.2, 0.25) is 0 Å². The highest BCUT2D eigenvalue weighted by molar-refractivity contribution is 5.87. The maximum atomic E-state index is 12.0. The number of primary amides is 1. The molecule has 0 fully saturated rings. The highest BCUT2D eigenvalue weighted by Gasteiger charge is 2.19. The van der Waals surface area contributed by atoms with E-state index < -0.39 is 11.9 Å². The van der Waals surface area contributed by atoms with Crippen molar-refractivity contribution < 1.29 is 14.3 Å². The third kappa shape index (κ3) is 5.85. The Balaban J connectivity index is 1.71. The minimum Gasteiger partial charge on any atom is -0.377 e. The average Bonchev–Trinajstić information content (AvgIpc) is 2.61. The third-order valence-corrected chi connectivity index (χ3v) is 3.53. The first-order chi connectivity index (χ1) is 11.7. The minimum atomic E-state index is -0.802. The second-order valence-corrected chi connectivity index (χ2v) is 5.46. The fraction of sp³-hybridized carbons (Fsp3) is 0.263. The van der Waals surface area contributed by atoms with Crippen LogP contribution in [0.15, 0.2) is 60.7 Å². The van der Waals surface area contributed by atoms with Gasteiger partial charge in [0.2, 0.25) is 11.8 Å². The molecule has 5 heteroatoms. The van der Waals surface area contributed by atoms with E-state index in [0.29, 0.717) is 25.2 Å². The van der Waals surface area contributed by atoms with E-state index in [-0.39, 0.29) is 12.3 Å². The van der Waals surface area contributed by atoms with Gasteiger partial charge in [-0.2, -0.15) is 0 Å². The zero-order chi connectivity index (χ0) is 17.2. The first-order valence-electron chi connectivity index (χ1n) is 7.92. The summed E-state index contributed by atoms with van der Waals surface area (Å²) in [5.41, 5.74) is 7.16. The molecule has 0 aliphatic rings. The summed E-state index contributed by atoms with van der Waals surface area (Å²) in [5, 5.41) is 2.67. The molecule has 0 aliphatic heterocycles. The number of nitrogens with two attached hydrogens (primary N) is 1. The molecule has 0 spiro atoms. The topological polar surface area (TPSA) is 81.4 Å². The summed E-state index contributed by atoms with van der Waals surface area (Å²) in [5.74, 6) is -0.791. The number of rotatable bonds is 9. The van der Waals surface area contributed by atoms with Gasteiger partial charge in [-0.05, 0) is 17.5 Å². The molecule has 0 aromatic heterocycles. The summed E-state index contributed by atoms with van der Waals surface area (Å²) in [6, 6.07) is 18.0. The molecule has 0 bridgehead atoms. The van der Waals surface area contributed by atoms with Crippen molar-refractivity contribution in [1.29, 1.82) is 0 Å². The second kappa shape index (κ2) is 9.47. The van der Waals surface area contributed by atoms with Gasteiger partial charge in [-0.15, -0.1) is 0 Å². The lowest BCUT2D eigenvalue weighted by Crippen LogP contribution is -2.37. The molecule has 1 atom stereocenters. The van der Waals surface area contributed by atoms with Crippen LogP contribution in [0.3, 0.4) is 0 Å². The fourth-order valence-corrected chi connectivity index (χ4v) is 2.30. The quantitative estimate of drug-likeness (QED) is 0.694. The van der Waals surface area contributed by atoms with Crippen LogP contribution >= 0.6 is 0 Å². The molecule has 0 unspecified atom stereocenters. The van der Waals surface area contributed by atoms with Crippen molar-refractivity contribution in [2.24, 2.45) is 5.73 Å². The van der Waals surface area contributed by atoms with Crippen molar-refractivity contribution in [3.63, 3.8) is 0 Å². The largest absolute Gasteiger partial charge is 0.377 e. The van der Waals surface area contributed by atoms with Crippen LogP contribution in [-0.4, -0.2) is 18.4 Å². The van der Waals surface area contributed by atoms with Gasteiger partial charge in [0.15, 0.2) is 0 Å². The Morgan fingerprint density at radius 2 is 1.62 bits per heavy atom. The SMILES string of the molecule is NC(=O)[C@H](NC(=O)CCCOCc1ccccc1)c1ccccc1.